The lowest BCUT2D eigenvalue weighted by molar-refractivity contribution is 0.0938. The summed E-state index contributed by atoms with van der Waals surface area (Å²) in [7, 11) is 1.54. The Morgan fingerprint density at radius 3 is 2.72 bits per heavy atom. The molecule has 0 aliphatic carbocycles. The third-order valence-electron chi connectivity index (χ3n) is 4.95. The van der Waals surface area contributed by atoms with Crippen LogP contribution in [0.4, 0.5) is 5.69 Å². The van der Waals surface area contributed by atoms with Crippen molar-refractivity contribution in [2.24, 2.45) is 0 Å². The minimum absolute atomic E-state index is 0.0981. The predicted molar refractivity (Wildman–Crippen MR) is 139 cm³/mol. The molecule has 0 unspecified atom stereocenters. The van der Waals surface area contributed by atoms with Crippen molar-refractivity contribution in [2.45, 2.75) is 6.92 Å². The Bertz CT molecular complexity index is 1390. The van der Waals surface area contributed by atoms with E-state index < -0.39 is 11.8 Å². The van der Waals surface area contributed by atoms with E-state index in [1.54, 1.807) is 36.6 Å². The van der Waals surface area contributed by atoms with Crippen molar-refractivity contribution in [3.05, 3.63) is 80.2 Å². The number of anilines is 1. The maximum atomic E-state index is 13.5. The zero-order valence-electron chi connectivity index (χ0n) is 19.2. The normalized spacial score (nSPS) is 10.8. The SMILES string of the molecule is COCCNC(=O)c1cc(Cl)cc(C)c1NC(=O)c1cc(Oc2ccsc2)nn1-c1ncccc1Cl. The second-order valence-corrected chi connectivity index (χ2v) is 9.12. The number of aryl methyl sites for hydroxylation is 1. The summed E-state index contributed by atoms with van der Waals surface area (Å²) in [5, 5.41) is 14.3. The molecule has 0 aliphatic heterocycles. The van der Waals surface area contributed by atoms with Crippen LogP contribution < -0.4 is 15.4 Å². The van der Waals surface area contributed by atoms with Gasteiger partial charge in [-0.2, -0.15) is 0 Å². The highest BCUT2D eigenvalue weighted by Gasteiger charge is 2.23. The van der Waals surface area contributed by atoms with Gasteiger partial charge in [0.05, 0.1) is 22.9 Å². The van der Waals surface area contributed by atoms with Gasteiger partial charge in [0.1, 0.15) is 11.4 Å². The molecule has 0 saturated heterocycles. The van der Waals surface area contributed by atoms with E-state index in [-0.39, 0.29) is 28.0 Å². The summed E-state index contributed by atoms with van der Waals surface area (Å²) in [6.45, 7) is 2.37. The predicted octanol–water partition coefficient (Wildman–Crippen LogP) is 5.36. The van der Waals surface area contributed by atoms with Crippen molar-refractivity contribution in [3.8, 4) is 17.4 Å². The molecule has 186 valence electrons. The lowest BCUT2D eigenvalue weighted by Crippen LogP contribution is -2.29. The summed E-state index contributed by atoms with van der Waals surface area (Å²) in [4.78, 5) is 30.6. The molecule has 12 heteroatoms. The molecule has 0 bridgehead atoms. The van der Waals surface area contributed by atoms with Gasteiger partial charge in [-0.05, 0) is 48.2 Å². The Hall–Kier alpha value is -3.44. The first-order chi connectivity index (χ1) is 17.4. The fourth-order valence-electron chi connectivity index (χ4n) is 3.32. The van der Waals surface area contributed by atoms with Crippen molar-refractivity contribution in [3.63, 3.8) is 0 Å². The van der Waals surface area contributed by atoms with E-state index >= 15 is 0 Å². The molecular weight excluding hydrogens is 525 g/mol. The third-order valence-corrected chi connectivity index (χ3v) is 6.13. The number of carbonyl (C=O) groups excluding carboxylic acids is 2. The first-order valence-corrected chi connectivity index (χ1v) is 12.4. The van der Waals surface area contributed by atoms with Crippen molar-refractivity contribution in [2.75, 3.05) is 25.6 Å². The van der Waals surface area contributed by atoms with E-state index in [0.29, 0.717) is 35.2 Å². The monoisotopic (exact) mass is 545 g/mol. The number of carbonyl (C=O) groups is 2. The van der Waals surface area contributed by atoms with Crippen molar-refractivity contribution < 1.29 is 19.1 Å². The van der Waals surface area contributed by atoms with Gasteiger partial charge in [0.2, 0.25) is 5.88 Å². The minimum atomic E-state index is -0.555. The molecule has 4 rings (SSSR count). The molecule has 3 aromatic heterocycles. The Balaban J connectivity index is 1.71. The molecule has 2 N–H and O–H groups in total. The fraction of sp³-hybridized carbons (Fsp3) is 0.167. The van der Waals surface area contributed by atoms with Gasteiger partial charge in [-0.15, -0.1) is 16.4 Å². The third kappa shape index (κ3) is 5.85. The van der Waals surface area contributed by atoms with Gasteiger partial charge in [-0.1, -0.05) is 23.2 Å². The molecular formula is C24H21Cl2N5O4S. The van der Waals surface area contributed by atoms with E-state index in [1.165, 1.54) is 41.5 Å². The maximum Gasteiger partial charge on any atom is 0.274 e. The first-order valence-electron chi connectivity index (χ1n) is 10.7. The number of rotatable bonds is 9. The van der Waals surface area contributed by atoms with Crippen LogP contribution in [-0.2, 0) is 4.74 Å². The highest BCUT2D eigenvalue weighted by molar-refractivity contribution is 7.08. The van der Waals surface area contributed by atoms with E-state index in [1.807, 2.05) is 5.38 Å². The summed E-state index contributed by atoms with van der Waals surface area (Å²) in [6.07, 6.45) is 1.54. The van der Waals surface area contributed by atoms with Crippen LogP contribution in [0.5, 0.6) is 11.6 Å². The van der Waals surface area contributed by atoms with Gasteiger partial charge in [0.25, 0.3) is 11.8 Å². The number of methoxy groups -OCH3 is 1. The number of amides is 2. The summed E-state index contributed by atoms with van der Waals surface area (Å²) < 4.78 is 12.1. The van der Waals surface area contributed by atoms with Crippen molar-refractivity contribution >= 4 is 52.0 Å². The zero-order valence-corrected chi connectivity index (χ0v) is 21.6. The van der Waals surface area contributed by atoms with E-state index in [9.17, 15) is 9.59 Å². The summed E-state index contributed by atoms with van der Waals surface area (Å²) in [6, 6.07) is 9.71. The second-order valence-electron chi connectivity index (χ2n) is 7.50. The van der Waals surface area contributed by atoms with E-state index in [0.717, 1.165) is 0 Å². The topological polar surface area (TPSA) is 107 Å². The lowest BCUT2D eigenvalue weighted by Gasteiger charge is -2.15. The molecule has 1 aromatic carbocycles. The summed E-state index contributed by atoms with van der Waals surface area (Å²) in [5.41, 5.74) is 1.21. The molecule has 36 heavy (non-hydrogen) atoms. The van der Waals surface area contributed by atoms with Crippen LogP contribution in [0.25, 0.3) is 5.82 Å². The Morgan fingerprint density at radius 1 is 1.17 bits per heavy atom. The number of nitrogens with zero attached hydrogens (tertiary/aromatic N) is 3. The Kier molecular flexibility index (Phi) is 8.21. The number of halogens is 2. The average Bonchev–Trinajstić information content (AvgIpc) is 3.51. The van der Waals surface area contributed by atoms with Gasteiger partial charge < -0.3 is 20.1 Å². The number of hydrogen-bond acceptors (Lipinski definition) is 7. The average molecular weight is 546 g/mol. The zero-order chi connectivity index (χ0) is 25.7. The molecule has 0 fully saturated rings. The van der Waals surface area contributed by atoms with Crippen LogP contribution in [0.15, 0.2) is 53.4 Å². The highest BCUT2D eigenvalue weighted by atomic mass is 35.5. The molecule has 0 saturated carbocycles. The van der Waals surface area contributed by atoms with Gasteiger partial charge >= 0.3 is 0 Å². The van der Waals surface area contributed by atoms with Crippen LogP contribution in [0, 0.1) is 6.92 Å². The number of thiophene rings is 1. The second kappa shape index (κ2) is 11.5. The molecule has 0 spiro atoms. The fourth-order valence-corrected chi connectivity index (χ4v) is 4.35. The number of pyridine rings is 1. The van der Waals surface area contributed by atoms with Gasteiger partial charge in [0.15, 0.2) is 5.82 Å². The van der Waals surface area contributed by atoms with Crippen LogP contribution in [0.3, 0.4) is 0 Å². The first kappa shape index (κ1) is 25.6. The minimum Gasteiger partial charge on any atom is -0.437 e. The molecule has 9 nitrogen and oxygen atoms in total. The largest absolute Gasteiger partial charge is 0.437 e. The standard InChI is InChI=1S/C24H21Cl2N5O4S/c1-14-10-15(25)11-17(23(32)28-7-8-34-2)21(14)29-24(33)19-12-20(35-16-5-9-36-13-16)30-31(19)22-18(26)4-3-6-27-22/h3-6,9-13H,7-8H2,1-2H3,(H,28,32)(H,29,33). The van der Waals surface area contributed by atoms with Gasteiger partial charge in [-0.25, -0.2) is 9.67 Å². The molecule has 0 radical (unpaired) electrons. The molecule has 4 aromatic rings. The maximum absolute atomic E-state index is 13.5. The Morgan fingerprint density at radius 2 is 2.00 bits per heavy atom. The number of ether oxygens (including phenoxy) is 2. The number of nitrogens with one attached hydrogen (secondary N) is 2. The molecule has 2 amide bonds. The number of aromatic nitrogens is 3. The quantitative estimate of drug-likeness (QED) is 0.274. The number of benzene rings is 1. The van der Waals surface area contributed by atoms with Gasteiger partial charge in [0, 0.05) is 36.3 Å². The molecule has 0 atom stereocenters. The highest BCUT2D eigenvalue weighted by Crippen LogP contribution is 2.29. The lowest BCUT2D eigenvalue weighted by atomic mass is 10.1. The van der Waals surface area contributed by atoms with E-state index in [2.05, 4.69) is 20.7 Å². The van der Waals surface area contributed by atoms with Crippen LogP contribution >= 0.6 is 34.5 Å². The molecule has 3 heterocycles. The van der Waals surface area contributed by atoms with Crippen molar-refractivity contribution in [1.82, 2.24) is 20.1 Å². The molecule has 0 aliphatic rings. The summed E-state index contributed by atoms with van der Waals surface area (Å²) in [5.74, 6) is 0.0317. The Labute approximate surface area is 221 Å². The van der Waals surface area contributed by atoms with Crippen LogP contribution in [0.1, 0.15) is 26.4 Å². The van der Waals surface area contributed by atoms with Crippen molar-refractivity contribution in [1.29, 1.82) is 0 Å². The smallest absolute Gasteiger partial charge is 0.274 e. The van der Waals surface area contributed by atoms with Crippen LogP contribution in [0.2, 0.25) is 10.0 Å². The number of hydrogen-bond donors (Lipinski definition) is 2. The van der Waals surface area contributed by atoms with Crippen LogP contribution in [-0.4, -0.2) is 46.8 Å². The van der Waals surface area contributed by atoms with E-state index in [4.69, 9.17) is 32.7 Å². The summed E-state index contributed by atoms with van der Waals surface area (Å²) >= 11 is 14.0. The van der Waals surface area contributed by atoms with Gasteiger partial charge in [-0.3, -0.25) is 9.59 Å².